The first-order valence-corrected chi connectivity index (χ1v) is 5.25. The van der Waals surface area contributed by atoms with E-state index in [0.29, 0.717) is 0 Å². The summed E-state index contributed by atoms with van der Waals surface area (Å²) in [7, 11) is 0. The molecule has 0 bridgehead atoms. The highest BCUT2D eigenvalue weighted by Gasteiger charge is 2.03. The van der Waals surface area contributed by atoms with E-state index in [1.807, 2.05) is 0 Å². The Hall–Kier alpha value is -1.30. The average molecular weight is 184 g/mol. The Bertz CT molecular complexity index is 355. The predicted octanol–water partition coefficient (Wildman–Crippen LogP) is 3.90. The topological polar surface area (TPSA) is 0 Å². The molecule has 0 atom stereocenters. The molecule has 0 heterocycles. The minimum atomic E-state index is 1.12. The Morgan fingerprint density at radius 3 is 2.64 bits per heavy atom. The standard InChI is InChI=1S/C14H16/c1-12-6-5-9-14(10-12)11-13-7-3-2-4-8-13/h2-4,6-8,10H,5,9,11H2,1H3. The van der Waals surface area contributed by atoms with Gasteiger partial charge in [-0.1, -0.05) is 53.6 Å². The maximum atomic E-state index is 2.33. The third-order valence-electron chi connectivity index (χ3n) is 2.64. The third-order valence-corrected chi connectivity index (χ3v) is 2.64. The van der Waals surface area contributed by atoms with E-state index in [1.54, 1.807) is 5.57 Å². The molecule has 0 aromatic heterocycles. The number of hydrogen-bond donors (Lipinski definition) is 0. The van der Waals surface area contributed by atoms with Crippen LogP contribution >= 0.6 is 0 Å². The minimum Gasteiger partial charge on any atom is -0.0813 e. The summed E-state index contributed by atoms with van der Waals surface area (Å²) in [6.45, 7) is 2.18. The zero-order valence-electron chi connectivity index (χ0n) is 8.66. The summed E-state index contributed by atoms with van der Waals surface area (Å²) in [4.78, 5) is 0. The first-order chi connectivity index (χ1) is 6.84. The molecule has 1 aromatic carbocycles. The Morgan fingerprint density at radius 1 is 1.14 bits per heavy atom. The lowest BCUT2D eigenvalue weighted by atomic mass is 9.95. The van der Waals surface area contributed by atoms with Crippen molar-refractivity contribution in [1.82, 2.24) is 0 Å². The van der Waals surface area contributed by atoms with E-state index < -0.39 is 0 Å². The van der Waals surface area contributed by atoms with Gasteiger partial charge >= 0.3 is 0 Å². The maximum Gasteiger partial charge on any atom is -0.00638 e. The quantitative estimate of drug-likeness (QED) is 0.654. The van der Waals surface area contributed by atoms with Crippen molar-refractivity contribution in [3.63, 3.8) is 0 Å². The Labute approximate surface area is 86.0 Å². The van der Waals surface area contributed by atoms with E-state index in [9.17, 15) is 0 Å². The van der Waals surface area contributed by atoms with Crippen molar-refractivity contribution >= 4 is 0 Å². The summed E-state index contributed by atoms with van der Waals surface area (Å²) < 4.78 is 0. The van der Waals surface area contributed by atoms with Gasteiger partial charge in [-0.3, -0.25) is 0 Å². The average Bonchev–Trinajstić information content (AvgIpc) is 2.19. The van der Waals surface area contributed by atoms with Crippen LogP contribution in [0.3, 0.4) is 0 Å². The van der Waals surface area contributed by atoms with Gasteiger partial charge in [-0.15, -0.1) is 0 Å². The first-order valence-electron chi connectivity index (χ1n) is 5.25. The lowest BCUT2D eigenvalue weighted by molar-refractivity contribution is 0.899. The fraction of sp³-hybridized carbons (Fsp3) is 0.286. The van der Waals surface area contributed by atoms with E-state index in [-0.39, 0.29) is 0 Å². The molecule has 0 aliphatic heterocycles. The van der Waals surface area contributed by atoms with Crippen molar-refractivity contribution in [2.24, 2.45) is 0 Å². The second-order valence-electron chi connectivity index (χ2n) is 3.95. The van der Waals surface area contributed by atoms with Gasteiger partial charge in [0.25, 0.3) is 0 Å². The van der Waals surface area contributed by atoms with Crippen LogP contribution in [0.1, 0.15) is 25.3 Å². The maximum absolute atomic E-state index is 2.33. The van der Waals surface area contributed by atoms with Crippen molar-refractivity contribution in [1.29, 1.82) is 0 Å². The normalized spacial score (nSPS) is 16.1. The molecule has 0 heteroatoms. The fourth-order valence-corrected chi connectivity index (χ4v) is 1.94. The molecule has 0 spiro atoms. The molecule has 0 amide bonds. The van der Waals surface area contributed by atoms with Crippen LogP contribution in [0.15, 0.2) is 53.6 Å². The lowest BCUT2D eigenvalue weighted by Gasteiger charge is -2.11. The summed E-state index contributed by atoms with van der Waals surface area (Å²) >= 11 is 0. The Morgan fingerprint density at radius 2 is 1.93 bits per heavy atom. The highest BCUT2D eigenvalue weighted by Crippen LogP contribution is 2.20. The van der Waals surface area contributed by atoms with Crippen LogP contribution in [0.25, 0.3) is 0 Å². The molecule has 0 fully saturated rings. The SMILES string of the molecule is CC1=CCCC(Cc2ccccc2)=C1. The monoisotopic (exact) mass is 184 g/mol. The molecule has 2 rings (SSSR count). The van der Waals surface area contributed by atoms with Crippen LogP contribution in [-0.2, 0) is 6.42 Å². The molecule has 1 aromatic rings. The van der Waals surface area contributed by atoms with Crippen LogP contribution in [0.2, 0.25) is 0 Å². The molecule has 0 saturated carbocycles. The van der Waals surface area contributed by atoms with Crippen molar-refractivity contribution in [3.8, 4) is 0 Å². The van der Waals surface area contributed by atoms with Crippen molar-refractivity contribution in [2.75, 3.05) is 0 Å². The van der Waals surface area contributed by atoms with Crippen LogP contribution in [0.4, 0.5) is 0 Å². The largest absolute Gasteiger partial charge is 0.0813 e. The number of rotatable bonds is 2. The van der Waals surface area contributed by atoms with Crippen LogP contribution in [0.5, 0.6) is 0 Å². The van der Waals surface area contributed by atoms with E-state index in [0.717, 1.165) is 6.42 Å². The summed E-state index contributed by atoms with van der Waals surface area (Å²) in [5.41, 5.74) is 4.41. The fourth-order valence-electron chi connectivity index (χ4n) is 1.94. The molecule has 1 aliphatic carbocycles. The molecule has 14 heavy (non-hydrogen) atoms. The van der Waals surface area contributed by atoms with Gasteiger partial charge in [0.1, 0.15) is 0 Å². The van der Waals surface area contributed by atoms with Crippen molar-refractivity contribution < 1.29 is 0 Å². The molecular weight excluding hydrogens is 168 g/mol. The first kappa shape index (κ1) is 9.26. The van der Waals surface area contributed by atoms with Crippen LogP contribution in [-0.4, -0.2) is 0 Å². The number of hydrogen-bond acceptors (Lipinski definition) is 0. The molecule has 0 saturated heterocycles. The van der Waals surface area contributed by atoms with Gasteiger partial charge in [0.15, 0.2) is 0 Å². The van der Waals surface area contributed by atoms with Gasteiger partial charge in [0.05, 0.1) is 0 Å². The summed E-state index contributed by atoms with van der Waals surface area (Å²) in [5.74, 6) is 0. The molecule has 72 valence electrons. The van der Waals surface area contributed by atoms with E-state index in [2.05, 4.69) is 49.4 Å². The second-order valence-corrected chi connectivity index (χ2v) is 3.95. The van der Waals surface area contributed by atoms with Gasteiger partial charge in [0, 0.05) is 0 Å². The molecule has 0 radical (unpaired) electrons. The predicted molar refractivity (Wildman–Crippen MR) is 61.2 cm³/mol. The van der Waals surface area contributed by atoms with Crippen LogP contribution in [0, 0.1) is 0 Å². The molecular formula is C14H16. The number of allylic oxidation sites excluding steroid dienone is 4. The van der Waals surface area contributed by atoms with Crippen molar-refractivity contribution in [2.45, 2.75) is 26.2 Å². The number of benzene rings is 1. The van der Waals surface area contributed by atoms with Crippen LogP contribution < -0.4 is 0 Å². The minimum absolute atomic E-state index is 1.12. The molecule has 0 nitrogen and oxygen atoms in total. The highest BCUT2D eigenvalue weighted by molar-refractivity contribution is 5.30. The van der Waals surface area contributed by atoms with E-state index in [1.165, 1.54) is 24.0 Å². The van der Waals surface area contributed by atoms with Gasteiger partial charge in [-0.25, -0.2) is 0 Å². The van der Waals surface area contributed by atoms with Crippen molar-refractivity contribution in [3.05, 3.63) is 59.2 Å². The molecule has 0 unspecified atom stereocenters. The van der Waals surface area contributed by atoms with E-state index in [4.69, 9.17) is 0 Å². The zero-order valence-corrected chi connectivity index (χ0v) is 8.66. The molecule has 1 aliphatic rings. The summed E-state index contributed by atoms with van der Waals surface area (Å²) in [6.07, 6.45) is 8.20. The Balaban J connectivity index is 2.09. The van der Waals surface area contributed by atoms with Gasteiger partial charge < -0.3 is 0 Å². The van der Waals surface area contributed by atoms with Gasteiger partial charge in [-0.05, 0) is 31.7 Å². The van der Waals surface area contributed by atoms with Gasteiger partial charge in [-0.2, -0.15) is 0 Å². The highest BCUT2D eigenvalue weighted by atomic mass is 14.1. The Kier molecular flexibility index (Phi) is 2.83. The summed E-state index contributed by atoms with van der Waals surface area (Å²) in [6, 6.07) is 10.7. The summed E-state index contributed by atoms with van der Waals surface area (Å²) in [5, 5.41) is 0. The molecule has 0 N–H and O–H groups in total. The third kappa shape index (κ3) is 2.35. The smallest absolute Gasteiger partial charge is 0.00638 e. The zero-order chi connectivity index (χ0) is 9.80. The second kappa shape index (κ2) is 4.28. The lowest BCUT2D eigenvalue weighted by Crippen LogP contribution is -1.94. The van der Waals surface area contributed by atoms with Gasteiger partial charge in [0.2, 0.25) is 0 Å². The van der Waals surface area contributed by atoms with E-state index >= 15 is 0 Å².